The summed E-state index contributed by atoms with van der Waals surface area (Å²) in [5.74, 6) is -0.337. The Balaban J connectivity index is 2.08. The summed E-state index contributed by atoms with van der Waals surface area (Å²) in [6.07, 6.45) is 3.46. The van der Waals surface area contributed by atoms with E-state index in [-0.39, 0.29) is 12.4 Å². The van der Waals surface area contributed by atoms with Crippen LogP contribution in [0.1, 0.15) is 30.4 Å². The van der Waals surface area contributed by atoms with Crippen LogP contribution in [0.25, 0.3) is 0 Å². The summed E-state index contributed by atoms with van der Waals surface area (Å²) < 4.78 is 13.8. The molecule has 1 saturated carbocycles. The summed E-state index contributed by atoms with van der Waals surface area (Å²) >= 11 is 0. The van der Waals surface area contributed by atoms with Crippen molar-refractivity contribution in [3.8, 4) is 6.07 Å². The molecule has 96 valence electrons. The fourth-order valence-electron chi connectivity index (χ4n) is 2.23. The molecule has 0 amide bonds. The zero-order valence-electron chi connectivity index (χ0n) is 10.3. The lowest BCUT2D eigenvalue weighted by Crippen LogP contribution is -2.41. The fraction of sp³-hybridized carbons (Fsp3) is 0.500. The van der Waals surface area contributed by atoms with Crippen LogP contribution in [-0.4, -0.2) is 29.2 Å². The van der Waals surface area contributed by atoms with E-state index in [4.69, 9.17) is 10.4 Å². The van der Waals surface area contributed by atoms with Crippen molar-refractivity contribution in [2.24, 2.45) is 0 Å². The van der Waals surface area contributed by atoms with Crippen LogP contribution in [-0.2, 0) is 6.54 Å². The Morgan fingerprint density at radius 1 is 1.44 bits per heavy atom. The topological polar surface area (TPSA) is 47.3 Å². The minimum absolute atomic E-state index is 0.0917. The Morgan fingerprint density at radius 2 is 2.22 bits per heavy atom. The van der Waals surface area contributed by atoms with Gasteiger partial charge in [0.1, 0.15) is 5.82 Å². The Bertz CT molecular complexity index is 452. The fourth-order valence-corrected chi connectivity index (χ4v) is 2.23. The number of benzene rings is 1. The third kappa shape index (κ3) is 2.87. The van der Waals surface area contributed by atoms with Gasteiger partial charge < -0.3 is 5.11 Å². The Hall–Kier alpha value is -1.44. The molecule has 1 N–H and O–H groups in total. The molecule has 4 heteroatoms. The first-order chi connectivity index (χ1) is 8.74. The van der Waals surface area contributed by atoms with Crippen molar-refractivity contribution in [1.29, 1.82) is 5.26 Å². The van der Waals surface area contributed by atoms with Gasteiger partial charge >= 0.3 is 0 Å². The highest BCUT2D eigenvalue weighted by Crippen LogP contribution is 2.26. The number of nitrogens with zero attached hydrogens (tertiary/aromatic N) is 2. The number of nitriles is 1. The van der Waals surface area contributed by atoms with Crippen LogP contribution in [0.3, 0.4) is 0 Å². The number of aliphatic hydroxyl groups excluding tert-OH is 1. The van der Waals surface area contributed by atoms with E-state index in [2.05, 4.69) is 4.90 Å². The van der Waals surface area contributed by atoms with E-state index in [1.807, 2.05) is 6.07 Å². The van der Waals surface area contributed by atoms with Crippen molar-refractivity contribution in [1.82, 2.24) is 4.90 Å². The lowest BCUT2D eigenvalue weighted by molar-refractivity contribution is 0.0935. The van der Waals surface area contributed by atoms with Gasteiger partial charge in [0, 0.05) is 24.7 Å². The molecule has 1 fully saturated rings. The van der Waals surface area contributed by atoms with Gasteiger partial charge in [-0.2, -0.15) is 5.26 Å². The van der Waals surface area contributed by atoms with Gasteiger partial charge in [-0.15, -0.1) is 0 Å². The smallest absolute Gasteiger partial charge is 0.129 e. The van der Waals surface area contributed by atoms with E-state index < -0.39 is 0 Å². The molecule has 2 rings (SSSR count). The Morgan fingerprint density at radius 3 is 2.72 bits per heavy atom. The molecule has 0 bridgehead atoms. The summed E-state index contributed by atoms with van der Waals surface area (Å²) in [7, 11) is 0. The minimum atomic E-state index is -0.337. The van der Waals surface area contributed by atoms with Crippen LogP contribution in [0.2, 0.25) is 0 Å². The molecule has 0 aliphatic heterocycles. The van der Waals surface area contributed by atoms with Crippen LogP contribution < -0.4 is 0 Å². The van der Waals surface area contributed by atoms with Gasteiger partial charge in [0.2, 0.25) is 0 Å². The number of halogens is 1. The lowest BCUT2D eigenvalue weighted by Gasteiger charge is -2.37. The van der Waals surface area contributed by atoms with Gasteiger partial charge in [0.25, 0.3) is 0 Å². The second-order valence-electron chi connectivity index (χ2n) is 4.70. The highest BCUT2D eigenvalue weighted by atomic mass is 19.1. The molecule has 3 nitrogen and oxygen atoms in total. The Kier molecular flexibility index (Phi) is 4.29. The zero-order valence-corrected chi connectivity index (χ0v) is 10.3. The molecule has 1 aliphatic carbocycles. The summed E-state index contributed by atoms with van der Waals surface area (Å²) in [5, 5.41) is 17.8. The molecular weight excluding hydrogens is 231 g/mol. The third-order valence-corrected chi connectivity index (χ3v) is 3.53. The SMILES string of the molecule is N#Cc1ccc(CN(CCO)C2CCC2)c(F)c1. The molecule has 0 radical (unpaired) electrons. The predicted octanol–water partition coefficient (Wildman–Crippen LogP) is 2.04. The van der Waals surface area contributed by atoms with Crippen molar-refractivity contribution in [3.63, 3.8) is 0 Å². The van der Waals surface area contributed by atoms with E-state index in [1.54, 1.807) is 12.1 Å². The maximum absolute atomic E-state index is 13.8. The first-order valence-corrected chi connectivity index (χ1v) is 6.28. The molecule has 0 aromatic heterocycles. The monoisotopic (exact) mass is 248 g/mol. The highest BCUT2D eigenvalue weighted by Gasteiger charge is 2.25. The van der Waals surface area contributed by atoms with Gasteiger partial charge in [0.15, 0.2) is 0 Å². The summed E-state index contributed by atoms with van der Waals surface area (Å²) in [6.45, 7) is 1.17. The van der Waals surface area contributed by atoms with E-state index in [1.165, 1.54) is 12.5 Å². The molecule has 1 aromatic rings. The van der Waals surface area contributed by atoms with Crippen LogP contribution in [0, 0.1) is 17.1 Å². The first kappa shape index (κ1) is 13.0. The molecule has 18 heavy (non-hydrogen) atoms. The van der Waals surface area contributed by atoms with Gasteiger partial charge in [-0.05, 0) is 25.0 Å². The summed E-state index contributed by atoms with van der Waals surface area (Å²) in [5.41, 5.74) is 0.933. The Labute approximate surface area is 106 Å². The lowest BCUT2D eigenvalue weighted by atomic mass is 9.91. The minimum Gasteiger partial charge on any atom is -0.395 e. The quantitative estimate of drug-likeness (QED) is 0.867. The van der Waals surface area contributed by atoms with Crippen molar-refractivity contribution >= 4 is 0 Å². The molecule has 0 unspecified atom stereocenters. The molecule has 0 heterocycles. The molecule has 0 atom stereocenters. The summed E-state index contributed by atoms with van der Waals surface area (Å²) in [4.78, 5) is 2.12. The summed E-state index contributed by atoms with van der Waals surface area (Å²) in [6, 6.07) is 6.96. The molecule has 1 aromatic carbocycles. The number of hydrogen-bond acceptors (Lipinski definition) is 3. The molecule has 0 saturated heterocycles. The van der Waals surface area contributed by atoms with E-state index in [0.717, 1.165) is 12.8 Å². The van der Waals surface area contributed by atoms with Gasteiger partial charge in [-0.3, -0.25) is 4.90 Å². The van der Waals surface area contributed by atoms with E-state index >= 15 is 0 Å². The van der Waals surface area contributed by atoms with Crippen molar-refractivity contribution in [2.45, 2.75) is 31.8 Å². The van der Waals surface area contributed by atoms with Crippen LogP contribution in [0.4, 0.5) is 4.39 Å². The zero-order chi connectivity index (χ0) is 13.0. The maximum atomic E-state index is 13.8. The standard InChI is InChI=1S/C14H17FN2O/c15-14-8-11(9-16)4-5-12(14)10-17(6-7-18)13-2-1-3-13/h4-5,8,13,18H,1-3,6-7,10H2. The third-order valence-electron chi connectivity index (χ3n) is 3.53. The van der Waals surface area contributed by atoms with Crippen LogP contribution in [0.15, 0.2) is 18.2 Å². The molecule has 0 spiro atoms. The first-order valence-electron chi connectivity index (χ1n) is 6.28. The second kappa shape index (κ2) is 5.94. The number of hydrogen-bond donors (Lipinski definition) is 1. The molecular formula is C14H17FN2O. The van der Waals surface area contributed by atoms with Gasteiger partial charge in [0.05, 0.1) is 18.2 Å². The largest absolute Gasteiger partial charge is 0.395 e. The maximum Gasteiger partial charge on any atom is 0.129 e. The van der Waals surface area contributed by atoms with Gasteiger partial charge in [-0.1, -0.05) is 12.5 Å². The average molecular weight is 248 g/mol. The number of aliphatic hydroxyl groups is 1. The van der Waals surface area contributed by atoms with Crippen molar-refractivity contribution in [2.75, 3.05) is 13.2 Å². The average Bonchev–Trinajstić information content (AvgIpc) is 2.29. The van der Waals surface area contributed by atoms with Crippen LogP contribution in [0.5, 0.6) is 0 Å². The van der Waals surface area contributed by atoms with E-state index in [0.29, 0.717) is 30.3 Å². The van der Waals surface area contributed by atoms with Crippen molar-refractivity contribution < 1.29 is 9.50 Å². The van der Waals surface area contributed by atoms with Crippen LogP contribution >= 0.6 is 0 Å². The van der Waals surface area contributed by atoms with Crippen molar-refractivity contribution in [3.05, 3.63) is 35.1 Å². The van der Waals surface area contributed by atoms with E-state index in [9.17, 15) is 4.39 Å². The molecule has 1 aliphatic rings. The predicted molar refractivity (Wildman–Crippen MR) is 66.2 cm³/mol. The highest BCUT2D eigenvalue weighted by molar-refractivity contribution is 5.32. The second-order valence-corrected chi connectivity index (χ2v) is 4.70. The normalized spacial score (nSPS) is 15.4. The number of rotatable bonds is 5. The van der Waals surface area contributed by atoms with Gasteiger partial charge in [-0.25, -0.2) is 4.39 Å².